The van der Waals surface area contributed by atoms with E-state index in [1.165, 1.54) is 0 Å². The number of rotatable bonds is 11. The van der Waals surface area contributed by atoms with E-state index in [0.29, 0.717) is 19.6 Å². The molecule has 1 aromatic carbocycles. The lowest BCUT2D eigenvalue weighted by atomic mass is 9.79. The Balaban J connectivity index is 2.76. The third-order valence-electron chi connectivity index (χ3n) is 4.09. The van der Waals surface area contributed by atoms with Crippen molar-refractivity contribution in [3.63, 3.8) is 0 Å². The van der Waals surface area contributed by atoms with Crippen LogP contribution in [0.3, 0.4) is 0 Å². The summed E-state index contributed by atoms with van der Waals surface area (Å²) < 4.78 is 23.0. The minimum atomic E-state index is -3.16. The summed E-state index contributed by atoms with van der Waals surface area (Å²) in [5.74, 6) is 0.0605. The smallest absolute Gasteiger partial charge is 0.309 e. The molecule has 0 radical (unpaired) electrons. The fraction of sp³-hybridized carbons (Fsp3) is 0.550. The van der Waals surface area contributed by atoms with Crippen LogP contribution in [0.1, 0.15) is 58.6 Å². The first-order valence-electron chi connectivity index (χ1n) is 8.80. The SMILES string of the molecule is C=C(C)c1cccc(C(C)(C)CC(=O)CCP(=O)(OCC)OCC)c1. The lowest BCUT2D eigenvalue weighted by molar-refractivity contribution is -0.119. The van der Waals surface area contributed by atoms with Gasteiger partial charge in [-0.2, -0.15) is 0 Å². The van der Waals surface area contributed by atoms with Crippen molar-refractivity contribution >= 4 is 19.0 Å². The summed E-state index contributed by atoms with van der Waals surface area (Å²) in [6.07, 6.45) is 0.710. The highest BCUT2D eigenvalue weighted by atomic mass is 31.2. The molecule has 1 aromatic rings. The molecule has 0 aliphatic heterocycles. The molecule has 140 valence electrons. The van der Waals surface area contributed by atoms with E-state index in [9.17, 15) is 9.36 Å². The molecular weight excluding hydrogens is 335 g/mol. The fourth-order valence-corrected chi connectivity index (χ4v) is 4.35. The van der Waals surface area contributed by atoms with Crippen LogP contribution in [-0.4, -0.2) is 25.2 Å². The molecule has 5 heteroatoms. The van der Waals surface area contributed by atoms with Crippen molar-refractivity contribution in [1.29, 1.82) is 0 Å². The van der Waals surface area contributed by atoms with E-state index >= 15 is 0 Å². The van der Waals surface area contributed by atoms with Gasteiger partial charge in [-0.05, 0) is 37.3 Å². The molecule has 0 aromatic heterocycles. The van der Waals surface area contributed by atoms with Gasteiger partial charge >= 0.3 is 7.60 Å². The Hall–Kier alpha value is -1.22. The van der Waals surface area contributed by atoms with E-state index in [1.54, 1.807) is 13.8 Å². The van der Waals surface area contributed by atoms with Gasteiger partial charge in [0.05, 0.1) is 19.4 Å². The van der Waals surface area contributed by atoms with Crippen LogP contribution in [0.25, 0.3) is 5.57 Å². The summed E-state index contributed by atoms with van der Waals surface area (Å²) in [5, 5.41) is 0. The van der Waals surface area contributed by atoms with Gasteiger partial charge in [0.15, 0.2) is 0 Å². The lowest BCUT2D eigenvalue weighted by Crippen LogP contribution is -2.22. The maximum absolute atomic E-state index is 12.5. The summed E-state index contributed by atoms with van der Waals surface area (Å²) in [5.41, 5.74) is 2.87. The van der Waals surface area contributed by atoms with Crippen LogP contribution < -0.4 is 0 Å². The van der Waals surface area contributed by atoms with Gasteiger partial charge in [0.2, 0.25) is 0 Å². The van der Waals surface area contributed by atoms with Crippen molar-refractivity contribution in [3.8, 4) is 0 Å². The summed E-state index contributed by atoms with van der Waals surface area (Å²) in [7, 11) is -3.16. The van der Waals surface area contributed by atoms with Crippen molar-refractivity contribution in [2.45, 2.75) is 52.9 Å². The number of hydrogen-bond donors (Lipinski definition) is 0. The average Bonchev–Trinajstić information content (AvgIpc) is 2.53. The number of hydrogen-bond acceptors (Lipinski definition) is 4. The Morgan fingerprint density at radius 3 is 2.32 bits per heavy atom. The Morgan fingerprint density at radius 2 is 1.80 bits per heavy atom. The number of benzene rings is 1. The first-order valence-corrected chi connectivity index (χ1v) is 10.5. The summed E-state index contributed by atoms with van der Waals surface area (Å²) >= 11 is 0. The quantitative estimate of drug-likeness (QED) is 0.478. The Kier molecular flexibility index (Phi) is 8.27. The van der Waals surface area contributed by atoms with Gasteiger partial charge in [0, 0.05) is 12.8 Å². The molecule has 0 fully saturated rings. The number of Topliss-reactive ketones (excluding diaryl/α,β-unsaturated/α-hetero) is 1. The van der Waals surface area contributed by atoms with Crippen LogP contribution in [0.2, 0.25) is 0 Å². The van der Waals surface area contributed by atoms with Gasteiger partial charge in [-0.25, -0.2) is 0 Å². The van der Waals surface area contributed by atoms with Crippen molar-refractivity contribution in [1.82, 2.24) is 0 Å². The molecule has 0 saturated carbocycles. The van der Waals surface area contributed by atoms with Gasteiger partial charge in [-0.15, -0.1) is 0 Å². The minimum Gasteiger partial charge on any atom is -0.309 e. The molecule has 25 heavy (non-hydrogen) atoms. The summed E-state index contributed by atoms with van der Waals surface area (Å²) in [4.78, 5) is 12.5. The Morgan fingerprint density at radius 1 is 1.20 bits per heavy atom. The number of ketones is 1. The first-order chi connectivity index (χ1) is 11.6. The molecule has 0 unspecified atom stereocenters. The topological polar surface area (TPSA) is 52.6 Å². The van der Waals surface area contributed by atoms with E-state index < -0.39 is 7.60 Å². The third kappa shape index (κ3) is 6.89. The highest BCUT2D eigenvalue weighted by Crippen LogP contribution is 2.48. The lowest BCUT2D eigenvalue weighted by Gasteiger charge is -2.25. The number of allylic oxidation sites excluding steroid dienone is 1. The van der Waals surface area contributed by atoms with E-state index in [4.69, 9.17) is 9.05 Å². The van der Waals surface area contributed by atoms with Gasteiger partial charge in [-0.1, -0.05) is 50.3 Å². The van der Waals surface area contributed by atoms with Crippen molar-refractivity contribution in [2.75, 3.05) is 19.4 Å². The van der Waals surface area contributed by atoms with Gasteiger partial charge in [0.1, 0.15) is 5.78 Å². The maximum atomic E-state index is 12.5. The fourth-order valence-electron chi connectivity index (χ4n) is 2.71. The molecule has 0 aliphatic rings. The zero-order valence-corrected chi connectivity index (χ0v) is 17.0. The molecule has 0 saturated heterocycles. The molecule has 0 spiro atoms. The van der Waals surface area contributed by atoms with E-state index in [1.807, 2.05) is 39.0 Å². The number of carbonyl (C=O) groups excluding carboxylic acids is 1. The first kappa shape index (κ1) is 21.8. The van der Waals surface area contributed by atoms with Crippen LogP contribution >= 0.6 is 7.60 Å². The molecule has 0 bridgehead atoms. The normalized spacial score (nSPS) is 12.2. The second-order valence-electron chi connectivity index (χ2n) is 6.88. The van der Waals surface area contributed by atoms with Crippen LogP contribution in [0.4, 0.5) is 0 Å². The average molecular weight is 366 g/mol. The van der Waals surface area contributed by atoms with Crippen molar-refractivity contribution in [3.05, 3.63) is 42.0 Å². The van der Waals surface area contributed by atoms with Gasteiger partial charge in [-0.3, -0.25) is 9.36 Å². The Bertz CT molecular complexity index is 639. The monoisotopic (exact) mass is 366 g/mol. The van der Waals surface area contributed by atoms with E-state index in [-0.39, 0.29) is 23.8 Å². The van der Waals surface area contributed by atoms with Crippen molar-refractivity contribution in [2.24, 2.45) is 0 Å². The summed E-state index contributed by atoms with van der Waals surface area (Å²) in [6, 6.07) is 8.13. The predicted octanol–water partition coefficient (Wildman–Crippen LogP) is 5.61. The van der Waals surface area contributed by atoms with Crippen LogP contribution in [0, 0.1) is 0 Å². The molecule has 0 N–H and O–H groups in total. The second-order valence-corrected chi connectivity index (χ2v) is 9.07. The zero-order valence-electron chi connectivity index (χ0n) is 16.1. The van der Waals surface area contributed by atoms with Crippen LogP contribution in [0.15, 0.2) is 30.8 Å². The molecule has 0 amide bonds. The second kappa shape index (κ2) is 9.47. The van der Waals surface area contributed by atoms with E-state index in [2.05, 4.69) is 12.6 Å². The largest absolute Gasteiger partial charge is 0.331 e. The zero-order chi connectivity index (χ0) is 19.1. The standard InChI is InChI=1S/C20H31O4P/c1-7-23-25(22,24-8-2)13-12-19(21)15-20(5,6)18-11-9-10-17(14-18)16(3)4/h9-11,14H,3,7-8,12-13,15H2,1-2,4-6H3. The molecule has 0 atom stereocenters. The minimum absolute atomic E-state index is 0.0605. The van der Waals surface area contributed by atoms with E-state index in [0.717, 1.165) is 16.7 Å². The molecule has 4 nitrogen and oxygen atoms in total. The van der Waals surface area contributed by atoms with Crippen molar-refractivity contribution < 1.29 is 18.4 Å². The maximum Gasteiger partial charge on any atom is 0.331 e. The Labute approximate surface area is 152 Å². The van der Waals surface area contributed by atoms with Crippen LogP contribution in [0.5, 0.6) is 0 Å². The molecular formula is C20H31O4P. The molecule has 1 rings (SSSR count). The van der Waals surface area contributed by atoms with Crippen LogP contribution in [-0.2, 0) is 23.8 Å². The third-order valence-corrected chi connectivity index (χ3v) is 6.17. The molecule has 0 heterocycles. The molecule has 0 aliphatic carbocycles. The highest BCUT2D eigenvalue weighted by Gasteiger charge is 2.28. The number of carbonyl (C=O) groups is 1. The van der Waals surface area contributed by atoms with Gasteiger partial charge < -0.3 is 9.05 Å². The van der Waals surface area contributed by atoms with Gasteiger partial charge in [0.25, 0.3) is 0 Å². The highest BCUT2D eigenvalue weighted by molar-refractivity contribution is 7.53. The predicted molar refractivity (Wildman–Crippen MR) is 104 cm³/mol. The summed E-state index contributed by atoms with van der Waals surface area (Å²) in [6.45, 7) is 14.2.